The summed E-state index contributed by atoms with van der Waals surface area (Å²) < 4.78 is 1.17. The number of benzene rings is 1. The first kappa shape index (κ1) is 9.51. The molecule has 0 aliphatic carbocycles. The van der Waals surface area contributed by atoms with Crippen LogP contribution in [0.25, 0.3) is 0 Å². The number of aldehydes is 1. The van der Waals surface area contributed by atoms with Crippen molar-refractivity contribution >= 4 is 34.6 Å². The summed E-state index contributed by atoms with van der Waals surface area (Å²) in [6, 6.07) is 5.76. The highest BCUT2D eigenvalue weighted by atomic mass is 127. The van der Waals surface area contributed by atoms with Crippen LogP contribution in [-0.2, 0) is 11.2 Å². The molecule has 1 aromatic carbocycles. The van der Waals surface area contributed by atoms with Gasteiger partial charge in [0.2, 0.25) is 0 Å². The lowest BCUT2D eigenvalue weighted by atomic mass is 10.1. The van der Waals surface area contributed by atoms with Crippen LogP contribution >= 0.6 is 22.6 Å². The Labute approximate surface area is 85.3 Å². The van der Waals surface area contributed by atoms with E-state index in [9.17, 15) is 4.79 Å². The second kappa shape index (κ2) is 4.45. The number of nitrogens with two attached hydrogens (primary N) is 1. The maximum Gasteiger partial charge on any atom is 0.120 e. The summed E-state index contributed by atoms with van der Waals surface area (Å²) in [5, 5.41) is 0. The SMILES string of the molecule is Nc1ccc(I)c(CCC=O)c1. The quantitative estimate of drug-likeness (QED) is 0.521. The Morgan fingerprint density at radius 1 is 1.50 bits per heavy atom. The van der Waals surface area contributed by atoms with E-state index in [-0.39, 0.29) is 0 Å². The molecule has 0 heterocycles. The average molecular weight is 275 g/mol. The van der Waals surface area contributed by atoms with Crippen molar-refractivity contribution in [2.24, 2.45) is 0 Å². The fraction of sp³-hybridized carbons (Fsp3) is 0.222. The number of aryl methyl sites for hydroxylation is 1. The van der Waals surface area contributed by atoms with E-state index in [4.69, 9.17) is 5.73 Å². The van der Waals surface area contributed by atoms with Crippen molar-refractivity contribution in [3.63, 3.8) is 0 Å². The molecule has 2 nitrogen and oxygen atoms in total. The number of halogens is 1. The third-order valence-corrected chi connectivity index (χ3v) is 2.65. The van der Waals surface area contributed by atoms with Crippen LogP contribution < -0.4 is 5.73 Å². The molecule has 0 bridgehead atoms. The molecule has 0 saturated heterocycles. The van der Waals surface area contributed by atoms with Crippen molar-refractivity contribution < 1.29 is 4.79 Å². The number of rotatable bonds is 3. The Hall–Kier alpha value is -0.580. The fourth-order valence-corrected chi connectivity index (χ4v) is 1.61. The largest absolute Gasteiger partial charge is 0.399 e. The minimum atomic E-state index is 0.569. The van der Waals surface area contributed by atoms with Gasteiger partial charge in [-0.1, -0.05) is 0 Å². The van der Waals surface area contributed by atoms with Gasteiger partial charge >= 0.3 is 0 Å². The molecular formula is C9H10INO. The molecule has 0 unspecified atom stereocenters. The number of carbonyl (C=O) groups excluding carboxylic acids is 1. The van der Waals surface area contributed by atoms with E-state index in [1.165, 1.54) is 3.57 Å². The Bertz CT molecular complexity index is 286. The summed E-state index contributed by atoms with van der Waals surface area (Å²) >= 11 is 2.25. The molecule has 0 spiro atoms. The summed E-state index contributed by atoms with van der Waals surface area (Å²) in [4.78, 5) is 10.1. The van der Waals surface area contributed by atoms with Gasteiger partial charge in [0, 0.05) is 15.7 Å². The highest BCUT2D eigenvalue weighted by molar-refractivity contribution is 14.1. The van der Waals surface area contributed by atoms with Gasteiger partial charge in [-0.3, -0.25) is 0 Å². The van der Waals surface area contributed by atoms with Crippen LogP contribution in [0, 0.1) is 3.57 Å². The molecular weight excluding hydrogens is 265 g/mol. The Morgan fingerprint density at radius 2 is 2.25 bits per heavy atom. The summed E-state index contributed by atoms with van der Waals surface area (Å²) in [6.45, 7) is 0. The van der Waals surface area contributed by atoms with Crippen LogP contribution in [0.5, 0.6) is 0 Å². The number of hydrogen-bond donors (Lipinski definition) is 1. The standard InChI is InChI=1S/C9H10INO/c10-9-4-3-8(11)6-7(9)2-1-5-12/h3-6H,1-2,11H2. The van der Waals surface area contributed by atoms with Gasteiger partial charge in [-0.05, 0) is 52.8 Å². The van der Waals surface area contributed by atoms with E-state index in [0.29, 0.717) is 6.42 Å². The molecule has 0 aliphatic rings. The van der Waals surface area contributed by atoms with E-state index >= 15 is 0 Å². The molecule has 12 heavy (non-hydrogen) atoms. The van der Waals surface area contributed by atoms with Gasteiger partial charge in [-0.15, -0.1) is 0 Å². The topological polar surface area (TPSA) is 43.1 Å². The van der Waals surface area contributed by atoms with Crippen molar-refractivity contribution in [2.75, 3.05) is 5.73 Å². The maximum atomic E-state index is 10.1. The third kappa shape index (κ3) is 2.48. The molecule has 0 radical (unpaired) electrons. The van der Waals surface area contributed by atoms with Gasteiger partial charge in [0.1, 0.15) is 6.29 Å². The Balaban J connectivity index is 2.82. The van der Waals surface area contributed by atoms with Gasteiger partial charge in [0.25, 0.3) is 0 Å². The molecule has 1 rings (SSSR count). The van der Waals surface area contributed by atoms with Gasteiger partial charge in [-0.25, -0.2) is 0 Å². The number of nitrogen functional groups attached to an aromatic ring is 1. The van der Waals surface area contributed by atoms with Crippen molar-refractivity contribution in [3.8, 4) is 0 Å². The van der Waals surface area contributed by atoms with Gasteiger partial charge in [0.05, 0.1) is 0 Å². The lowest BCUT2D eigenvalue weighted by Crippen LogP contribution is -1.93. The van der Waals surface area contributed by atoms with Crippen molar-refractivity contribution in [1.82, 2.24) is 0 Å². The molecule has 64 valence electrons. The normalized spacial score (nSPS) is 9.75. The molecule has 0 aliphatic heterocycles. The Kier molecular flexibility index (Phi) is 3.52. The monoisotopic (exact) mass is 275 g/mol. The zero-order valence-electron chi connectivity index (χ0n) is 6.59. The maximum absolute atomic E-state index is 10.1. The van der Waals surface area contributed by atoms with Crippen LogP contribution in [0.15, 0.2) is 18.2 Å². The number of anilines is 1. The lowest BCUT2D eigenvalue weighted by Gasteiger charge is -2.02. The molecule has 0 amide bonds. The molecule has 1 aromatic rings. The predicted octanol–water partition coefficient (Wildman–Crippen LogP) is 2.00. The molecule has 0 fully saturated rings. The van der Waals surface area contributed by atoms with Gasteiger partial charge in [0.15, 0.2) is 0 Å². The van der Waals surface area contributed by atoms with Crippen molar-refractivity contribution in [1.29, 1.82) is 0 Å². The smallest absolute Gasteiger partial charge is 0.120 e. The number of carbonyl (C=O) groups is 1. The average Bonchev–Trinajstić information content (AvgIpc) is 2.07. The molecule has 0 atom stereocenters. The first-order valence-corrected chi connectivity index (χ1v) is 4.79. The van der Waals surface area contributed by atoms with E-state index in [0.717, 1.165) is 24.0 Å². The molecule has 2 N–H and O–H groups in total. The first-order valence-electron chi connectivity index (χ1n) is 3.71. The van der Waals surface area contributed by atoms with Crippen LogP contribution in [-0.4, -0.2) is 6.29 Å². The lowest BCUT2D eigenvalue weighted by molar-refractivity contribution is -0.107. The third-order valence-electron chi connectivity index (χ3n) is 1.60. The minimum Gasteiger partial charge on any atom is -0.399 e. The summed E-state index contributed by atoms with van der Waals surface area (Å²) in [7, 11) is 0. The van der Waals surface area contributed by atoms with Crippen molar-refractivity contribution in [3.05, 3.63) is 27.3 Å². The van der Waals surface area contributed by atoms with E-state index in [1.807, 2.05) is 18.2 Å². The van der Waals surface area contributed by atoms with Crippen LogP contribution in [0.3, 0.4) is 0 Å². The second-order valence-corrected chi connectivity index (χ2v) is 3.72. The van der Waals surface area contributed by atoms with E-state index in [2.05, 4.69) is 22.6 Å². The van der Waals surface area contributed by atoms with Crippen molar-refractivity contribution in [2.45, 2.75) is 12.8 Å². The molecule has 3 heteroatoms. The van der Waals surface area contributed by atoms with Crippen LogP contribution in [0.4, 0.5) is 5.69 Å². The van der Waals surface area contributed by atoms with Gasteiger partial charge in [-0.2, -0.15) is 0 Å². The second-order valence-electron chi connectivity index (χ2n) is 2.56. The minimum absolute atomic E-state index is 0.569. The zero-order valence-corrected chi connectivity index (χ0v) is 8.74. The summed E-state index contributed by atoms with van der Waals surface area (Å²) in [5.41, 5.74) is 7.52. The van der Waals surface area contributed by atoms with E-state index in [1.54, 1.807) is 0 Å². The van der Waals surface area contributed by atoms with Gasteiger partial charge < -0.3 is 10.5 Å². The van der Waals surface area contributed by atoms with Crippen LogP contribution in [0.2, 0.25) is 0 Å². The highest BCUT2D eigenvalue weighted by Crippen LogP contribution is 2.16. The fourth-order valence-electron chi connectivity index (χ4n) is 1.00. The number of hydrogen-bond acceptors (Lipinski definition) is 2. The Morgan fingerprint density at radius 3 is 2.92 bits per heavy atom. The summed E-state index contributed by atoms with van der Waals surface area (Å²) in [5.74, 6) is 0. The highest BCUT2D eigenvalue weighted by Gasteiger charge is 1.98. The summed E-state index contributed by atoms with van der Waals surface area (Å²) in [6.07, 6.45) is 2.28. The molecule has 0 aromatic heterocycles. The van der Waals surface area contributed by atoms with E-state index < -0.39 is 0 Å². The molecule has 0 saturated carbocycles. The van der Waals surface area contributed by atoms with Crippen LogP contribution in [0.1, 0.15) is 12.0 Å². The first-order chi connectivity index (χ1) is 5.74. The zero-order chi connectivity index (χ0) is 8.97. The predicted molar refractivity (Wildman–Crippen MR) is 58.0 cm³/mol.